The minimum atomic E-state index is 0.0639. The number of imidazole rings is 1. The van der Waals surface area contributed by atoms with Gasteiger partial charge in [0, 0.05) is 38.4 Å². The molecule has 1 aromatic heterocycles. The summed E-state index contributed by atoms with van der Waals surface area (Å²) in [4.78, 5) is 18.6. The molecule has 5 nitrogen and oxygen atoms in total. The van der Waals surface area contributed by atoms with Gasteiger partial charge in [0.25, 0.3) is 0 Å². The van der Waals surface area contributed by atoms with Crippen LogP contribution in [0.4, 0.5) is 0 Å². The number of carbonyl (C=O) groups is 1. The molecule has 1 amide bonds. The van der Waals surface area contributed by atoms with E-state index in [9.17, 15) is 4.79 Å². The molecule has 19 heavy (non-hydrogen) atoms. The van der Waals surface area contributed by atoms with Gasteiger partial charge < -0.3 is 15.2 Å². The Kier molecular flexibility index (Phi) is 4.24. The Labute approximate surface area is 114 Å². The highest BCUT2D eigenvalue weighted by atomic mass is 16.2. The molecule has 106 valence electrons. The standard InChI is InChI=1S/C14H24N4O/c1-10-11(5-4-6-12(10)15)14(19)18(3)9-13-16-7-8-17(13)2/h7-8,10-12H,4-6,9,15H2,1-3H3. The van der Waals surface area contributed by atoms with E-state index in [1.165, 1.54) is 0 Å². The zero-order chi connectivity index (χ0) is 14.0. The van der Waals surface area contributed by atoms with E-state index in [1.807, 2.05) is 24.9 Å². The molecule has 1 saturated carbocycles. The average molecular weight is 264 g/mol. The number of aromatic nitrogens is 2. The van der Waals surface area contributed by atoms with Crippen LogP contribution in [-0.4, -0.2) is 33.4 Å². The van der Waals surface area contributed by atoms with E-state index < -0.39 is 0 Å². The van der Waals surface area contributed by atoms with Gasteiger partial charge in [-0.05, 0) is 18.8 Å². The van der Waals surface area contributed by atoms with Gasteiger partial charge in [-0.25, -0.2) is 4.98 Å². The van der Waals surface area contributed by atoms with Crippen LogP contribution in [0.25, 0.3) is 0 Å². The van der Waals surface area contributed by atoms with Crippen molar-refractivity contribution in [2.24, 2.45) is 24.6 Å². The van der Waals surface area contributed by atoms with Crippen molar-refractivity contribution in [2.45, 2.75) is 38.8 Å². The third kappa shape index (κ3) is 2.97. The molecule has 2 rings (SSSR count). The molecule has 1 aliphatic carbocycles. The fraction of sp³-hybridized carbons (Fsp3) is 0.714. The second-order valence-electron chi connectivity index (χ2n) is 5.71. The molecule has 3 unspecified atom stereocenters. The van der Waals surface area contributed by atoms with Crippen LogP contribution >= 0.6 is 0 Å². The summed E-state index contributed by atoms with van der Waals surface area (Å²) in [7, 11) is 3.80. The highest BCUT2D eigenvalue weighted by Gasteiger charge is 2.34. The molecule has 0 bridgehead atoms. The summed E-state index contributed by atoms with van der Waals surface area (Å²) in [5.74, 6) is 1.44. The zero-order valence-corrected chi connectivity index (χ0v) is 12.0. The third-order valence-electron chi connectivity index (χ3n) is 4.36. The lowest BCUT2D eigenvalue weighted by Gasteiger charge is -2.35. The van der Waals surface area contributed by atoms with Crippen LogP contribution in [0.15, 0.2) is 12.4 Å². The van der Waals surface area contributed by atoms with Crippen molar-refractivity contribution in [1.82, 2.24) is 14.5 Å². The van der Waals surface area contributed by atoms with Crippen LogP contribution in [0.5, 0.6) is 0 Å². The number of hydrogen-bond acceptors (Lipinski definition) is 3. The topological polar surface area (TPSA) is 64.2 Å². The minimum Gasteiger partial charge on any atom is -0.338 e. The maximum absolute atomic E-state index is 12.5. The van der Waals surface area contributed by atoms with Gasteiger partial charge in [-0.3, -0.25) is 4.79 Å². The van der Waals surface area contributed by atoms with Crippen LogP contribution in [-0.2, 0) is 18.4 Å². The number of nitrogens with two attached hydrogens (primary N) is 1. The minimum absolute atomic E-state index is 0.0639. The Bertz CT molecular complexity index is 442. The normalized spacial score (nSPS) is 27.3. The first-order valence-corrected chi connectivity index (χ1v) is 6.97. The Morgan fingerprint density at radius 3 is 2.95 bits per heavy atom. The molecule has 1 aliphatic rings. The number of carbonyl (C=O) groups excluding carboxylic acids is 1. The van der Waals surface area contributed by atoms with Crippen LogP contribution in [0.3, 0.4) is 0 Å². The molecule has 0 aromatic carbocycles. The summed E-state index contributed by atoms with van der Waals surface area (Å²) in [6, 6.07) is 0.157. The van der Waals surface area contributed by atoms with Crippen LogP contribution < -0.4 is 5.73 Å². The molecule has 2 N–H and O–H groups in total. The highest BCUT2D eigenvalue weighted by molar-refractivity contribution is 5.79. The van der Waals surface area contributed by atoms with Crippen molar-refractivity contribution in [1.29, 1.82) is 0 Å². The first kappa shape index (κ1) is 14.1. The van der Waals surface area contributed by atoms with E-state index in [-0.39, 0.29) is 23.8 Å². The lowest BCUT2D eigenvalue weighted by atomic mass is 9.76. The molecular formula is C14H24N4O. The summed E-state index contributed by atoms with van der Waals surface area (Å²) in [6.45, 7) is 2.65. The van der Waals surface area contributed by atoms with Gasteiger partial charge in [0.05, 0.1) is 6.54 Å². The number of aryl methyl sites for hydroxylation is 1. The third-order valence-corrected chi connectivity index (χ3v) is 4.36. The fourth-order valence-electron chi connectivity index (χ4n) is 2.87. The van der Waals surface area contributed by atoms with Crippen LogP contribution in [0, 0.1) is 11.8 Å². The van der Waals surface area contributed by atoms with E-state index in [0.29, 0.717) is 6.54 Å². The number of rotatable bonds is 3. The molecule has 0 aliphatic heterocycles. The van der Waals surface area contributed by atoms with Crippen molar-refractivity contribution in [3.63, 3.8) is 0 Å². The predicted molar refractivity (Wildman–Crippen MR) is 74.2 cm³/mol. The van der Waals surface area contributed by atoms with E-state index in [1.54, 1.807) is 11.1 Å². The van der Waals surface area contributed by atoms with Gasteiger partial charge in [0.2, 0.25) is 5.91 Å². The van der Waals surface area contributed by atoms with E-state index in [2.05, 4.69) is 11.9 Å². The SMILES string of the molecule is CC1C(N)CCCC1C(=O)N(C)Cc1nccn1C. The quantitative estimate of drug-likeness (QED) is 0.890. The molecule has 1 aromatic rings. The molecule has 5 heteroatoms. The van der Waals surface area contributed by atoms with E-state index >= 15 is 0 Å². The monoisotopic (exact) mass is 264 g/mol. The van der Waals surface area contributed by atoms with E-state index in [0.717, 1.165) is 25.1 Å². The first-order chi connectivity index (χ1) is 9.00. The smallest absolute Gasteiger partial charge is 0.226 e. The maximum atomic E-state index is 12.5. The van der Waals surface area contributed by atoms with Crippen LogP contribution in [0.1, 0.15) is 32.0 Å². The highest BCUT2D eigenvalue weighted by Crippen LogP contribution is 2.30. The largest absolute Gasteiger partial charge is 0.338 e. The van der Waals surface area contributed by atoms with Gasteiger partial charge in [-0.15, -0.1) is 0 Å². The van der Waals surface area contributed by atoms with E-state index in [4.69, 9.17) is 5.73 Å². The first-order valence-electron chi connectivity index (χ1n) is 6.97. The molecule has 1 heterocycles. The predicted octanol–water partition coefficient (Wildman–Crippen LogP) is 1.14. The molecule has 0 radical (unpaired) electrons. The number of amides is 1. The van der Waals surface area contributed by atoms with Crippen molar-refractivity contribution in [3.8, 4) is 0 Å². The Hall–Kier alpha value is -1.36. The summed E-state index contributed by atoms with van der Waals surface area (Å²) in [6.07, 6.45) is 6.70. The van der Waals surface area contributed by atoms with Gasteiger partial charge in [0.1, 0.15) is 5.82 Å². The number of nitrogens with zero attached hydrogens (tertiary/aromatic N) is 3. The molecule has 1 fully saturated rings. The van der Waals surface area contributed by atoms with Gasteiger partial charge >= 0.3 is 0 Å². The second kappa shape index (κ2) is 5.74. The Morgan fingerprint density at radius 2 is 2.32 bits per heavy atom. The summed E-state index contributed by atoms with van der Waals surface area (Å²) >= 11 is 0. The lowest BCUT2D eigenvalue weighted by molar-refractivity contribution is -0.137. The van der Waals surface area contributed by atoms with Gasteiger partial charge in [0.15, 0.2) is 0 Å². The van der Waals surface area contributed by atoms with Crippen molar-refractivity contribution in [2.75, 3.05) is 7.05 Å². The fourth-order valence-corrected chi connectivity index (χ4v) is 2.87. The van der Waals surface area contributed by atoms with Gasteiger partial charge in [-0.1, -0.05) is 13.3 Å². The Morgan fingerprint density at radius 1 is 1.58 bits per heavy atom. The Balaban J connectivity index is 2.00. The van der Waals surface area contributed by atoms with Gasteiger partial charge in [-0.2, -0.15) is 0 Å². The van der Waals surface area contributed by atoms with Crippen molar-refractivity contribution >= 4 is 5.91 Å². The molecule has 3 atom stereocenters. The van der Waals surface area contributed by atoms with Crippen LogP contribution in [0.2, 0.25) is 0 Å². The number of hydrogen-bond donors (Lipinski definition) is 1. The zero-order valence-electron chi connectivity index (χ0n) is 12.0. The summed E-state index contributed by atoms with van der Waals surface area (Å²) in [5, 5.41) is 0. The molecular weight excluding hydrogens is 240 g/mol. The second-order valence-corrected chi connectivity index (χ2v) is 5.71. The average Bonchev–Trinajstić information content (AvgIpc) is 2.77. The lowest BCUT2D eigenvalue weighted by Crippen LogP contribution is -2.44. The summed E-state index contributed by atoms with van der Waals surface area (Å²) in [5.41, 5.74) is 6.08. The maximum Gasteiger partial charge on any atom is 0.226 e. The molecule has 0 spiro atoms. The summed E-state index contributed by atoms with van der Waals surface area (Å²) < 4.78 is 1.94. The van der Waals surface area contributed by atoms with Crippen molar-refractivity contribution < 1.29 is 4.79 Å². The molecule has 0 saturated heterocycles. The van der Waals surface area contributed by atoms with Crippen molar-refractivity contribution in [3.05, 3.63) is 18.2 Å².